The first-order chi connectivity index (χ1) is 19.9. The van der Waals surface area contributed by atoms with E-state index in [0.29, 0.717) is 49.6 Å². The van der Waals surface area contributed by atoms with E-state index in [2.05, 4.69) is 25.1 Å². The van der Waals surface area contributed by atoms with Crippen LogP contribution in [0.3, 0.4) is 0 Å². The van der Waals surface area contributed by atoms with E-state index >= 15 is 4.39 Å². The molecule has 2 atom stereocenters. The smallest absolute Gasteiger partial charge is 0.379 e. The van der Waals surface area contributed by atoms with Crippen LogP contribution in [0.25, 0.3) is 10.6 Å². The third kappa shape index (κ3) is 6.51. The minimum absolute atomic E-state index is 0.0952. The van der Waals surface area contributed by atoms with Crippen LogP contribution in [0.5, 0.6) is 0 Å². The molecule has 0 unspecified atom stereocenters. The highest BCUT2D eigenvalue weighted by Crippen LogP contribution is 2.38. The van der Waals surface area contributed by atoms with Gasteiger partial charge in [-0.2, -0.15) is 13.2 Å². The Hall–Kier alpha value is -3.33. The second-order valence-corrected chi connectivity index (χ2v) is 11.6. The van der Waals surface area contributed by atoms with Gasteiger partial charge in [-0.25, -0.2) is 9.37 Å². The van der Waals surface area contributed by atoms with Gasteiger partial charge in [0.05, 0.1) is 41.4 Å². The van der Waals surface area contributed by atoms with Crippen LogP contribution in [0, 0.1) is 5.82 Å². The predicted octanol–water partition coefficient (Wildman–Crippen LogP) is 4.27. The lowest BCUT2D eigenvalue weighted by Gasteiger charge is -2.44. The average Bonchev–Trinajstić information content (AvgIpc) is 3.40. The van der Waals surface area contributed by atoms with Gasteiger partial charge in [-0.15, -0.1) is 11.3 Å². The summed E-state index contributed by atoms with van der Waals surface area (Å²) in [6.07, 6.45) is -4.19. The Balaban J connectivity index is 1.52. The molecule has 0 radical (unpaired) electrons. The van der Waals surface area contributed by atoms with Crippen LogP contribution >= 0.6 is 11.3 Å². The van der Waals surface area contributed by atoms with Crippen LogP contribution in [-0.2, 0) is 17.5 Å². The number of likely N-dealkylation sites (N-methyl/N-ethyl adjacent to an activating group) is 1. The number of morpholine rings is 1. The maximum Gasteiger partial charge on any atom is 0.417 e. The maximum absolute atomic E-state index is 15.7. The number of anilines is 2. The van der Waals surface area contributed by atoms with Crippen molar-refractivity contribution in [3.8, 4) is 10.6 Å². The average molecular weight is 609 g/mol. The first-order valence-corrected chi connectivity index (χ1v) is 14.4. The summed E-state index contributed by atoms with van der Waals surface area (Å²) >= 11 is 1.25. The Kier molecular flexibility index (Phi) is 8.69. The highest BCUT2D eigenvalue weighted by atomic mass is 32.1. The van der Waals surface area contributed by atoms with Crippen molar-refractivity contribution in [3.63, 3.8) is 0 Å². The van der Waals surface area contributed by atoms with E-state index in [4.69, 9.17) is 4.74 Å². The van der Waals surface area contributed by atoms with Crippen molar-refractivity contribution in [2.24, 2.45) is 0 Å². The van der Waals surface area contributed by atoms with Gasteiger partial charge in [0.1, 0.15) is 10.8 Å². The number of pyridine rings is 1. The topological polar surface area (TPSA) is 93.8 Å². The van der Waals surface area contributed by atoms with Crippen LogP contribution in [-0.4, -0.2) is 84.2 Å². The lowest BCUT2D eigenvalue weighted by Crippen LogP contribution is -2.55. The quantitative estimate of drug-likeness (QED) is 0.404. The second-order valence-electron chi connectivity index (χ2n) is 10.7. The molecule has 0 bridgehead atoms. The van der Waals surface area contributed by atoms with Gasteiger partial charge in [-0.3, -0.25) is 19.4 Å². The molecule has 2 aromatic heterocycles. The molecule has 2 aliphatic rings. The minimum Gasteiger partial charge on any atom is -0.379 e. The Morgan fingerprint density at radius 3 is 2.52 bits per heavy atom. The van der Waals surface area contributed by atoms with Crippen LogP contribution in [0.2, 0.25) is 0 Å². The first-order valence-electron chi connectivity index (χ1n) is 13.6. The fourth-order valence-corrected chi connectivity index (χ4v) is 6.09. The highest BCUT2D eigenvalue weighted by molar-refractivity contribution is 7.13. The third-order valence-electron chi connectivity index (χ3n) is 7.78. The number of benzene rings is 1. The van der Waals surface area contributed by atoms with Gasteiger partial charge >= 0.3 is 6.18 Å². The monoisotopic (exact) mass is 608 g/mol. The Bertz CT molecular complexity index is 1490. The molecule has 1 aromatic carbocycles. The Morgan fingerprint density at radius 1 is 1.17 bits per heavy atom. The van der Waals surface area contributed by atoms with Crippen molar-refractivity contribution in [2.75, 3.05) is 56.7 Å². The molecule has 14 heteroatoms. The SMILES string of the molecule is C[C@@H]1CN(c2cc(F)c(-c3nc(CN4CCOCC4)cs3)cc2NC(=O)c2c[nH]c(=O)cc2C(F)(F)F)C[C@H](C)N1C. The molecule has 226 valence electrons. The molecule has 3 aromatic rings. The molecular weight excluding hydrogens is 576 g/mol. The predicted molar refractivity (Wildman–Crippen MR) is 153 cm³/mol. The number of H-pyrrole nitrogens is 1. The zero-order valence-corrected chi connectivity index (χ0v) is 24.2. The summed E-state index contributed by atoms with van der Waals surface area (Å²) in [6, 6.07) is 3.26. The molecule has 5 rings (SSSR count). The Morgan fingerprint density at radius 2 is 1.86 bits per heavy atom. The van der Waals surface area contributed by atoms with Crippen LogP contribution in [0.1, 0.15) is 35.5 Å². The zero-order chi connectivity index (χ0) is 30.2. The number of carbonyl (C=O) groups excluding carboxylic acids is 1. The van der Waals surface area contributed by atoms with Crippen molar-refractivity contribution in [1.29, 1.82) is 0 Å². The summed E-state index contributed by atoms with van der Waals surface area (Å²) in [4.78, 5) is 38.0. The van der Waals surface area contributed by atoms with Crippen LogP contribution < -0.4 is 15.8 Å². The van der Waals surface area contributed by atoms with Gasteiger partial charge in [0.15, 0.2) is 0 Å². The van der Waals surface area contributed by atoms with Crippen molar-refractivity contribution in [3.05, 3.63) is 62.8 Å². The molecule has 0 spiro atoms. The fraction of sp³-hybridized carbons (Fsp3) is 0.464. The highest BCUT2D eigenvalue weighted by Gasteiger charge is 2.36. The number of aromatic amines is 1. The van der Waals surface area contributed by atoms with E-state index < -0.39 is 34.6 Å². The summed E-state index contributed by atoms with van der Waals surface area (Å²) in [5.74, 6) is -1.64. The van der Waals surface area contributed by atoms with Crippen LogP contribution in [0.4, 0.5) is 28.9 Å². The van der Waals surface area contributed by atoms with Crippen molar-refractivity contribution >= 4 is 28.6 Å². The van der Waals surface area contributed by atoms with E-state index in [0.717, 1.165) is 25.0 Å². The van der Waals surface area contributed by atoms with Crippen molar-refractivity contribution in [1.82, 2.24) is 19.8 Å². The number of piperazine rings is 1. The van der Waals surface area contributed by atoms with E-state index in [1.165, 1.54) is 23.5 Å². The molecule has 42 heavy (non-hydrogen) atoms. The van der Waals surface area contributed by atoms with Gasteiger partial charge < -0.3 is 19.9 Å². The number of ether oxygens (including phenoxy) is 1. The molecule has 0 saturated carbocycles. The number of thiazole rings is 1. The zero-order valence-electron chi connectivity index (χ0n) is 23.4. The summed E-state index contributed by atoms with van der Waals surface area (Å²) in [7, 11) is 1.99. The second kappa shape index (κ2) is 12.1. The Labute approximate surface area is 244 Å². The van der Waals surface area contributed by atoms with Crippen molar-refractivity contribution < 1.29 is 27.1 Å². The molecule has 2 fully saturated rings. The number of carbonyl (C=O) groups is 1. The molecule has 2 N–H and O–H groups in total. The largest absolute Gasteiger partial charge is 0.417 e. The lowest BCUT2D eigenvalue weighted by molar-refractivity contribution is -0.138. The molecule has 2 saturated heterocycles. The molecule has 1 amide bonds. The van der Waals surface area contributed by atoms with Gasteiger partial charge in [-0.05, 0) is 27.0 Å². The normalized spacial score (nSPS) is 20.6. The molecule has 2 aliphatic heterocycles. The van der Waals surface area contributed by atoms with E-state index in [1.807, 2.05) is 31.2 Å². The fourth-order valence-electron chi connectivity index (χ4n) is 5.26. The molecule has 0 aliphatic carbocycles. The number of nitrogens with one attached hydrogen (secondary N) is 2. The minimum atomic E-state index is -4.93. The standard InChI is InChI=1S/C28H32F4N6O3S/c1-16-12-38(13-17(2)36(16)3)24-10-22(29)19(27-34-18(15-42-27)14-37-4-6-41-7-5-37)8-23(24)35-26(40)20-11-33-25(39)9-21(20)28(30,31)32/h8-11,15-17H,4-7,12-14H2,1-3H3,(H,33,39)(H,35,40)/t16-,17+. The summed E-state index contributed by atoms with van der Waals surface area (Å²) in [5.41, 5.74) is -1.72. The molecule has 9 nitrogen and oxygen atoms in total. The number of amides is 1. The van der Waals surface area contributed by atoms with Crippen LogP contribution in [0.15, 0.2) is 34.6 Å². The van der Waals surface area contributed by atoms with E-state index in [9.17, 15) is 22.8 Å². The first kappa shape index (κ1) is 30.1. The number of nitrogens with zero attached hydrogens (tertiary/aromatic N) is 4. The molecular formula is C28H32F4N6O3S. The maximum atomic E-state index is 15.7. The van der Waals surface area contributed by atoms with Gasteiger partial charge in [0.2, 0.25) is 5.56 Å². The number of rotatable bonds is 6. The molecule has 4 heterocycles. The third-order valence-corrected chi connectivity index (χ3v) is 8.70. The summed E-state index contributed by atoms with van der Waals surface area (Å²) in [5, 5.41) is 4.81. The van der Waals surface area contributed by atoms with Gasteiger partial charge in [0.25, 0.3) is 5.91 Å². The number of hydrogen-bond donors (Lipinski definition) is 2. The van der Waals surface area contributed by atoms with Crippen molar-refractivity contribution in [2.45, 2.75) is 38.7 Å². The summed E-state index contributed by atoms with van der Waals surface area (Å²) in [6.45, 7) is 8.42. The number of hydrogen-bond acceptors (Lipinski definition) is 8. The van der Waals surface area contributed by atoms with E-state index in [-0.39, 0.29) is 23.3 Å². The van der Waals surface area contributed by atoms with E-state index in [1.54, 1.807) is 0 Å². The number of alkyl halides is 3. The number of aromatic nitrogens is 2. The lowest BCUT2D eigenvalue weighted by atomic mass is 10.1. The number of halogens is 4. The van der Waals surface area contributed by atoms with Gasteiger partial charge in [-0.1, -0.05) is 0 Å². The summed E-state index contributed by atoms with van der Waals surface area (Å²) < 4.78 is 62.3. The van der Waals surface area contributed by atoms with Gasteiger partial charge in [0, 0.05) is 74.1 Å².